The van der Waals surface area contributed by atoms with Crippen LogP contribution in [0.1, 0.15) is 13.8 Å². The first kappa shape index (κ1) is 24.7. The van der Waals surface area contributed by atoms with Crippen molar-refractivity contribution in [1.82, 2.24) is 19.7 Å². The molecule has 3 aromatic heterocycles. The van der Waals surface area contributed by atoms with E-state index in [1.807, 2.05) is 26.0 Å². The van der Waals surface area contributed by atoms with Crippen LogP contribution in [-0.4, -0.2) is 39.3 Å². The fraction of sp³-hybridized carbons (Fsp3) is 0.207. The summed E-state index contributed by atoms with van der Waals surface area (Å²) in [5, 5.41) is 5.42. The third-order valence-electron chi connectivity index (χ3n) is 6.03. The van der Waals surface area contributed by atoms with Crippen molar-refractivity contribution in [2.24, 2.45) is 0 Å². The van der Waals surface area contributed by atoms with Gasteiger partial charge in [0.05, 0.1) is 18.4 Å². The minimum absolute atomic E-state index is 0.328. The molecule has 0 atom stereocenters. The highest BCUT2D eigenvalue weighted by Gasteiger charge is 2.23. The van der Waals surface area contributed by atoms with E-state index in [1.54, 1.807) is 47.5 Å². The summed E-state index contributed by atoms with van der Waals surface area (Å²) in [6.45, 7) is 5.13. The smallest absolute Gasteiger partial charge is 0.177 e. The second-order valence-electron chi connectivity index (χ2n) is 8.36. The van der Waals surface area contributed by atoms with Gasteiger partial charge >= 0.3 is 0 Å². The monoisotopic (exact) mass is 500 g/mol. The number of halogens is 2. The summed E-state index contributed by atoms with van der Waals surface area (Å²) in [5.41, 5.74) is 5.32. The van der Waals surface area contributed by atoms with E-state index in [9.17, 15) is 8.78 Å². The molecule has 0 aliphatic rings. The lowest BCUT2D eigenvalue weighted by molar-refractivity contribution is -0.144. The van der Waals surface area contributed by atoms with Crippen LogP contribution in [0.5, 0.6) is 0 Å². The van der Waals surface area contributed by atoms with E-state index in [1.165, 1.54) is 24.3 Å². The Labute approximate surface area is 213 Å². The highest BCUT2D eigenvalue weighted by molar-refractivity contribution is 6.06. The summed E-state index contributed by atoms with van der Waals surface area (Å²) in [5.74, 6) is -0.666. The Bertz CT molecular complexity index is 1480. The summed E-state index contributed by atoms with van der Waals surface area (Å²) in [6.07, 6.45) is 4.68. The predicted molar refractivity (Wildman–Crippen MR) is 139 cm³/mol. The Morgan fingerprint density at radius 3 is 1.92 bits per heavy atom. The number of fused-ring (bicyclic) bond motifs is 1. The SMILES string of the molecule is CCOC(Cn1ncc2c(-c3ccc(F)cc3)c(-c3ccncc3)c(-c3ccc(F)cc3)nc21)OCC. The van der Waals surface area contributed by atoms with E-state index in [4.69, 9.17) is 14.5 Å². The predicted octanol–water partition coefficient (Wildman–Crippen LogP) is 6.50. The molecule has 0 bridgehead atoms. The molecule has 0 spiro atoms. The normalized spacial score (nSPS) is 11.5. The maximum Gasteiger partial charge on any atom is 0.177 e. The Hall–Kier alpha value is -4.01. The maximum atomic E-state index is 13.9. The van der Waals surface area contributed by atoms with Gasteiger partial charge in [-0.25, -0.2) is 18.4 Å². The first-order valence-corrected chi connectivity index (χ1v) is 12.1. The largest absolute Gasteiger partial charge is 0.351 e. The molecule has 0 saturated heterocycles. The molecule has 0 radical (unpaired) electrons. The van der Waals surface area contributed by atoms with Crippen LogP contribution in [0.3, 0.4) is 0 Å². The summed E-state index contributed by atoms with van der Waals surface area (Å²) >= 11 is 0. The molecule has 0 amide bonds. The molecular formula is C29H26F2N4O2. The Morgan fingerprint density at radius 1 is 0.757 bits per heavy atom. The minimum atomic E-state index is -0.497. The number of nitrogens with zero attached hydrogens (tertiary/aromatic N) is 4. The second kappa shape index (κ2) is 10.9. The van der Waals surface area contributed by atoms with Crippen LogP contribution in [0, 0.1) is 11.6 Å². The summed E-state index contributed by atoms with van der Waals surface area (Å²) in [6, 6.07) is 16.4. The van der Waals surface area contributed by atoms with E-state index in [2.05, 4.69) is 10.1 Å². The summed E-state index contributed by atoms with van der Waals surface area (Å²) < 4.78 is 41.0. The molecule has 3 heterocycles. The van der Waals surface area contributed by atoms with Gasteiger partial charge < -0.3 is 9.47 Å². The van der Waals surface area contributed by atoms with Gasteiger partial charge in [0.25, 0.3) is 0 Å². The quantitative estimate of drug-likeness (QED) is 0.216. The molecule has 0 aliphatic carbocycles. The lowest BCUT2D eigenvalue weighted by Gasteiger charge is -2.19. The number of benzene rings is 2. The first-order chi connectivity index (χ1) is 18.1. The van der Waals surface area contributed by atoms with Crippen molar-refractivity contribution in [2.45, 2.75) is 26.7 Å². The Morgan fingerprint density at radius 2 is 1.32 bits per heavy atom. The molecule has 0 aliphatic heterocycles. The number of pyridine rings is 2. The zero-order valence-electron chi connectivity index (χ0n) is 20.6. The number of ether oxygens (including phenoxy) is 2. The van der Waals surface area contributed by atoms with Gasteiger partial charge in [-0.1, -0.05) is 12.1 Å². The van der Waals surface area contributed by atoms with Crippen LogP contribution in [0.25, 0.3) is 44.5 Å². The van der Waals surface area contributed by atoms with Crippen LogP contribution in [0.2, 0.25) is 0 Å². The molecule has 8 heteroatoms. The van der Waals surface area contributed by atoms with Gasteiger partial charge in [-0.05, 0) is 73.5 Å². The van der Waals surface area contributed by atoms with Crippen LogP contribution in [0.15, 0.2) is 79.3 Å². The molecule has 5 rings (SSSR count). The molecule has 37 heavy (non-hydrogen) atoms. The number of aromatic nitrogens is 4. The van der Waals surface area contributed by atoms with Crippen molar-refractivity contribution in [2.75, 3.05) is 13.2 Å². The fourth-order valence-electron chi connectivity index (χ4n) is 4.42. The first-order valence-electron chi connectivity index (χ1n) is 12.1. The van der Waals surface area contributed by atoms with E-state index in [0.717, 1.165) is 33.2 Å². The summed E-state index contributed by atoms with van der Waals surface area (Å²) in [4.78, 5) is 9.23. The number of hydrogen-bond donors (Lipinski definition) is 0. The van der Waals surface area contributed by atoms with Crippen LogP contribution in [0.4, 0.5) is 8.78 Å². The van der Waals surface area contributed by atoms with E-state index in [0.29, 0.717) is 31.1 Å². The fourth-order valence-corrected chi connectivity index (χ4v) is 4.42. The molecule has 0 unspecified atom stereocenters. The van der Waals surface area contributed by atoms with Crippen molar-refractivity contribution in [3.63, 3.8) is 0 Å². The second-order valence-corrected chi connectivity index (χ2v) is 8.36. The standard InChI is InChI=1S/C29H26F2N4O2/c1-3-36-25(37-4-2)18-35-29-24(17-33-35)26(19-5-9-22(30)10-6-19)27(20-13-15-32-16-14-20)28(34-29)21-7-11-23(31)12-8-21/h5-17,25H,3-4,18H2,1-2H3. The molecule has 188 valence electrons. The topological polar surface area (TPSA) is 62.1 Å². The van der Waals surface area contributed by atoms with Gasteiger partial charge in [-0.3, -0.25) is 4.98 Å². The van der Waals surface area contributed by atoms with Crippen LogP contribution in [-0.2, 0) is 16.0 Å². The average molecular weight is 501 g/mol. The van der Waals surface area contributed by atoms with Gasteiger partial charge in [0.2, 0.25) is 0 Å². The van der Waals surface area contributed by atoms with Gasteiger partial charge in [0.1, 0.15) is 11.6 Å². The van der Waals surface area contributed by atoms with Crippen LogP contribution >= 0.6 is 0 Å². The Balaban J connectivity index is 1.83. The van der Waals surface area contributed by atoms with Crippen molar-refractivity contribution in [3.05, 3.63) is 90.9 Å². The van der Waals surface area contributed by atoms with Gasteiger partial charge in [-0.2, -0.15) is 5.10 Å². The third kappa shape index (κ3) is 5.12. The van der Waals surface area contributed by atoms with E-state index in [-0.39, 0.29) is 11.6 Å². The minimum Gasteiger partial charge on any atom is -0.351 e. The number of rotatable bonds is 9. The number of hydrogen-bond acceptors (Lipinski definition) is 5. The van der Waals surface area contributed by atoms with Crippen molar-refractivity contribution in [3.8, 4) is 33.5 Å². The van der Waals surface area contributed by atoms with E-state index < -0.39 is 6.29 Å². The van der Waals surface area contributed by atoms with Crippen molar-refractivity contribution < 1.29 is 18.3 Å². The van der Waals surface area contributed by atoms with Crippen LogP contribution < -0.4 is 0 Å². The molecular weight excluding hydrogens is 474 g/mol. The van der Waals surface area contributed by atoms with Crippen molar-refractivity contribution in [1.29, 1.82) is 0 Å². The highest BCUT2D eigenvalue weighted by Crippen LogP contribution is 2.43. The molecule has 0 saturated carbocycles. The lowest BCUT2D eigenvalue weighted by atomic mass is 9.89. The summed E-state index contributed by atoms with van der Waals surface area (Å²) in [7, 11) is 0. The maximum absolute atomic E-state index is 13.9. The molecule has 5 aromatic rings. The molecule has 0 fully saturated rings. The lowest BCUT2D eigenvalue weighted by Crippen LogP contribution is -2.24. The van der Waals surface area contributed by atoms with Gasteiger partial charge in [-0.15, -0.1) is 0 Å². The third-order valence-corrected chi connectivity index (χ3v) is 6.03. The average Bonchev–Trinajstić information content (AvgIpc) is 3.31. The van der Waals surface area contributed by atoms with Gasteiger partial charge in [0, 0.05) is 47.7 Å². The zero-order valence-corrected chi connectivity index (χ0v) is 20.6. The molecule has 6 nitrogen and oxygen atoms in total. The van der Waals surface area contributed by atoms with Gasteiger partial charge in [0.15, 0.2) is 11.9 Å². The molecule has 2 aromatic carbocycles. The zero-order chi connectivity index (χ0) is 25.8. The molecule has 0 N–H and O–H groups in total. The van der Waals surface area contributed by atoms with E-state index >= 15 is 0 Å². The highest BCUT2D eigenvalue weighted by atomic mass is 19.1. The Kier molecular flexibility index (Phi) is 7.30. The van der Waals surface area contributed by atoms with Crippen molar-refractivity contribution >= 4 is 11.0 Å².